The summed E-state index contributed by atoms with van der Waals surface area (Å²) in [5, 5.41) is 0. The van der Waals surface area contributed by atoms with Crippen LogP contribution >= 0.6 is 12.2 Å². The van der Waals surface area contributed by atoms with Crippen molar-refractivity contribution in [2.24, 2.45) is 11.5 Å². The molecular formula is C8H16N2O2S. The first-order chi connectivity index (χ1) is 5.72. The van der Waals surface area contributed by atoms with Gasteiger partial charge >= 0.3 is 5.97 Å². The van der Waals surface area contributed by atoms with Crippen LogP contribution in [0.5, 0.6) is 0 Å². The van der Waals surface area contributed by atoms with Crippen LogP contribution < -0.4 is 11.5 Å². The van der Waals surface area contributed by atoms with E-state index < -0.39 is 11.6 Å². The van der Waals surface area contributed by atoms with Crippen molar-refractivity contribution in [3.8, 4) is 0 Å². The van der Waals surface area contributed by atoms with Crippen LogP contribution in [0.2, 0.25) is 0 Å². The summed E-state index contributed by atoms with van der Waals surface area (Å²) in [7, 11) is 0. The molecule has 1 unspecified atom stereocenters. The van der Waals surface area contributed by atoms with Gasteiger partial charge in [-0.05, 0) is 20.8 Å². The van der Waals surface area contributed by atoms with Crippen molar-refractivity contribution >= 4 is 23.2 Å². The fraction of sp³-hybridized carbons (Fsp3) is 0.750. The fourth-order valence-electron chi connectivity index (χ4n) is 0.663. The predicted molar refractivity (Wildman–Crippen MR) is 55.2 cm³/mol. The van der Waals surface area contributed by atoms with Crippen molar-refractivity contribution in [3.05, 3.63) is 0 Å². The van der Waals surface area contributed by atoms with Crippen molar-refractivity contribution in [1.29, 1.82) is 0 Å². The van der Waals surface area contributed by atoms with E-state index in [9.17, 15) is 4.79 Å². The maximum absolute atomic E-state index is 11.2. The molecule has 0 aliphatic heterocycles. The van der Waals surface area contributed by atoms with Crippen LogP contribution in [-0.2, 0) is 9.53 Å². The molecule has 4 N–H and O–H groups in total. The van der Waals surface area contributed by atoms with Gasteiger partial charge < -0.3 is 16.2 Å². The summed E-state index contributed by atoms with van der Waals surface area (Å²) in [6, 6.07) is -0.593. The number of carbonyl (C=O) groups excluding carboxylic acids is 1. The monoisotopic (exact) mass is 204 g/mol. The Hall–Kier alpha value is -0.680. The molecule has 0 aliphatic rings. The average molecular weight is 204 g/mol. The summed E-state index contributed by atoms with van der Waals surface area (Å²) < 4.78 is 5.02. The van der Waals surface area contributed by atoms with E-state index >= 15 is 0 Å². The zero-order valence-electron chi connectivity index (χ0n) is 8.16. The van der Waals surface area contributed by atoms with Gasteiger partial charge in [0.2, 0.25) is 0 Å². The van der Waals surface area contributed by atoms with Crippen LogP contribution in [0.1, 0.15) is 27.2 Å². The molecule has 0 aliphatic carbocycles. The van der Waals surface area contributed by atoms with Crippen molar-refractivity contribution in [1.82, 2.24) is 0 Å². The smallest absolute Gasteiger partial charge is 0.308 e. The third-order valence-electron chi connectivity index (χ3n) is 1.17. The third-order valence-corrected chi connectivity index (χ3v) is 1.47. The molecule has 0 saturated heterocycles. The van der Waals surface area contributed by atoms with E-state index in [-0.39, 0.29) is 17.4 Å². The Bertz CT molecular complexity index is 211. The van der Waals surface area contributed by atoms with Gasteiger partial charge in [-0.2, -0.15) is 0 Å². The molecule has 0 spiro atoms. The molecule has 0 aromatic carbocycles. The number of esters is 1. The Morgan fingerprint density at radius 1 is 1.54 bits per heavy atom. The van der Waals surface area contributed by atoms with Gasteiger partial charge in [-0.25, -0.2) is 0 Å². The molecular weight excluding hydrogens is 188 g/mol. The fourth-order valence-corrected chi connectivity index (χ4v) is 0.747. The van der Waals surface area contributed by atoms with Gasteiger partial charge in [-0.3, -0.25) is 4.79 Å². The van der Waals surface area contributed by atoms with Crippen LogP contribution in [0.15, 0.2) is 0 Å². The minimum absolute atomic E-state index is 0.0343. The third kappa shape index (κ3) is 6.48. The topological polar surface area (TPSA) is 78.3 Å². The molecule has 5 heteroatoms. The van der Waals surface area contributed by atoms with E-state index in [0.29, 0.717) is 0 Å². The molecule has 0 aromatic rings. The van der Waals surface area contributed by atoms with Gasteiger partial charge in [-0.1, -0.05) is 12.2 Å². The molecule has 0 heterocycles. The molecule has 0 saturated carbocycles. The molecule has 4 nitrogen and oxygen atoms in total. The SMILES string of the molecule is CC(C)(C)OC(=O)CC(N)C(N)=S. The summed E-state index contributed by atoms with van der Waals surface area (Å²) in [6.07, 6.45) is 0.0343. The minimum atomic E-state index is -0.593. The average Bonchev–Trinajstić information content (AvgIpc) is 1.81. The second-order valence-corrected chi connectivity index (χ2v) is 4.27. The quantitative estimate of drug-likeness (QED) is 0.511. The highest BCUT2D eigenvalue weighted by molar-refractivity contribution is 7.80. The largest absolute Gasteiger partial charge is 0.460 e. The molecule has 1 atom stereocenters. The number of nitrogens with two attached hydrogens (primary N) is 2. The first-order valence-electron chi connectivity index (χ1n) is 3.99. The molecule has 13 heavy (non-hydrogen) atoms. The normalized spacial score (nSPS) is 13.5. The van der Waals surface area contributed by atoms with Crippen LogP contribution in [0, 0.1) is 0 Å². The minimum Gasteiger partial charge on any atom is -0.460 e. The lowest BCUT2D eigenvalue weighted by atomic mass is 10.2. The first kappa shape index (κ1) is 12.3. The summed E-state index contributed by atoms with van der Waals surface area (Å²) in [4.78, 5) is 11.3. The maximum Gasteiger partial charge on any atom is 0.308 e. The standard InChI is InChI=1S/C8H16N2O2S/c1-8(2,3)12-6(11)4-5(9)7(10)13/h5H,4,9H2,1-3H3,(H2,10,13). The van der Waals surface area contributed by atoms with Crippen molar-refractivity contribution in [3.63, 3.8) is 0 Å². The Balaban J connectivity index is 3.96. The highest BCUT2D eigenvalue weighted by Crippen LogP contribution is 2.08. The number of rotatable bonds is 3. The molecule has 0 amide bonds. The second-order valence-electron chi connectivity index (χ2n) is 3.80. The number of hydrogen-bond donors (Lipinski definition) is 2. The highest BCUT2D eigenvalue weighted by Gasteiger charge is 2.19. The maximum atomic E-state index is 11.2. The molecule has 0 radical (unpaired) electrons. The predicted octanol–water partition coefficient (Wildman–Crippen LogP) is 0.332. The molecule has 0 fully saturated rings. The number of hydrogen-bond acceptors (Lipinski definition) is 4. The Kier molecular flexibility index (Phi) is 4.29. The summed E-state index contributed by atoms with van der Waals surface area (Å²) in [6.45, 7) is 5.37. The Morgan fingerprint density at radius 2 is 2.00 bits per heavy atom. The van der Waals surface area contributed by atoms with Crippen LogP contribution in [0.25, 0.3) is 0 Å². The summed E-state index contributed by atoms with van der Waals surface area (Å²) >= 11 is 4.62. The molecule has 0 rings (SSSR count). The van der Waals surface area contributed by atoms with Gasteiger partial charge in [0.05, 0.1) is 17.5 Å². The lowest BCUT2D eigenvalue weighted by molar-refractivity contribution is -0.154. The van der Waals surface area contributed by atoms with E-state index in [1.807, 2.05) is 0 Å². The zero-order valence-corrected chi connectivity index (χ0v) is 8.98. The zero-order chi connectivity index (χ0) is 10.6. The second kappa shape index (κ2) is 4.53. The van der Waals surface area contributed by atoms with Crippen molar-refractivity contribution < 1.29 is 9.53 Å². The van der Waals surface area contributed by atoms with Gasteiger partial charge in [0.15, 0.2) is 0 Å². The van der Waals surface area contributed by atoms with Gasteiger partial charge in [0, 0.05) is 0 Å². The van der Waals surface area contributed by atoms with Gasteiger partial charge in [-0.15, -0.1) is 0 Å². The molecule has 0 bridgehead atoms. The number of carbonyl (C=O) groups is 1. The lowest BCUT2D eigenvalue weighted by Crippen LogP contribution is -2.38. The molecule has 0 aromatic heterocycles. The Labute approximate surface area is 83.6 Å². The van der Waals surface area contributed by atoms with E-state index in [1.54, 1.807) is 20.8 Å². The number of thiocarbonyl (C=S) groups is 1. The van der Waals surface area contributed by atoms with Crippen LogP contribution in [-0.4, -0.2) is 22.6 Å². The van der Waals surface area contributed by atoms with E-state index in [2.05, 4.69) is 12.2 Å². The van der Waals surface area contributed by atoms with E-state index in [1.165, 1.54) is 0 Å². The van der Waals surface area contributed by atoms with E-state index in [0.717, 1.165) is 0 Å². The van der Waals surface area contributed by atoms with Crippen LogP contribution in [0.3, 0.4) is 0 Å². The van der Waals surface area contributed by atoms with Crippen molar-refractivity contribution in [2.45, 2.75) is 38.8 Å². The van der Waals surface area contributed by atoms with Gasteiger partial charge in [0.1, 0.15) is 5.60 Å². The first-order valence-corrected chi connectivity index (χ1v) is 4.40. The molecule has 76 valence electrons. The highest BCUT2D eigenvalue weighted by atomic mass is 32.1. The van der Waals surface area contributed by atoms with Gasteiger partial charge in [0.25, 0.3) is 0 Å². The number of ether oxygens (including phenoxy) is 1. The van der Waals surface area contributed by atoms with E-state index in [4.69, 9.17) is 16.2 Å². The van der Waals surface area contributed by atoms with Crippen molar-refractivity contribution in [2.75, 3.05) is 0 Å². The van der Waals surface area contributed by atoms with Crippen LogP contribution in [0.4, 0.5) is 0 Å². The summed E-state index contributed by atoms with van der Waals surface area (Å²) in [5.41, 5.74) is 10.2. The lowest BCUT2D eigenvalue weighted by Gasteiger charge is -2.20. The Morgan fingerprint density at radius 3 is 2.31 bits per heavy atom. The summed E-state index contributed by atoms with van der Waals surface area (Å²) in [5.74, 6) is -0.382.